The van der Waals surface area contributed by atoms with Gasteiger partial charge in [0.2, 0.25) is 0 Å². The molecule has 1 N–H and O–H groups in total. The van der Waals surface area contributed by atoms with Gasteiger partial charge in [0.15, 0.2) is 6.61 Å². The fourth-order valence-electron chi connectivity index (χ4n) is 1.65. The van der Waals surface area contributed by atoms with Crippen molar-refractivity contribution in [3.63, 3.8) is 0 Å². The van der Waals surface area contributed by atoms with Gasteiger partial charge in [0.05, 0.1) is 0 Å². The van der Waals surface area contributed by atoms with E-state index in [1.54, 1.807) is 24.3 Å². The van der Waals surface area contributed by atoms with Crippen molar-refractivity contribution >= 4 is 39.1 Å². The zero-order chi connectivity index (χ0) is 14.4. The molecule has 20 heavy (non-hydrogen) atoms. The lowest BCUT2D eigenvalue weighted by Gasteiger charge is -2.10. The number of benzene rings is 2. The van der Waals surface area contributed by atoms with Crippen molar-refractivity contribution in [2.24, 2.45) is 0 Å². The zero-order valence-electron chi connectivity index (χ0n) is 10.6. The average molecular weight is 355 g/mol. The van der Waals surface area contributed by atoms with Gasteiger partial charge in [-0.2, -0.15) is 0 Å². The van der Waals surface area contributed by atoms with Crippen molar-refractivity contribution in [2.45, 2.75) is 5.33 Å². The molecule has 5 heteroatoms. The molecule has 2 aromatic carbocycles. The van der Waals surface area contributed by atoms with Crippen molar-refractivity contribution in [1.82, 2.24) is 0 Å². The second kappa shape index (κ2) is 7.31. The number of carbonyl (C=O) groups excluding carboxylic acids is 1. The van der Waals surface area contributed by atoms with E-state index in [1.165, 1.54) is 0 Å². The Morgan fingerprint density at radius 3 is 2.75 bits per heavy atom. The molecular weight excluding hydrogens is 342 g/mol. The number of hydrogen-bond donors (Lipinski definition) is 1. The molecule has 0 radical (unpaired) electrons. The van der Waals surface area contributed by atoms with Gasteiger partial charge >= 0.3 is 0 Å². The summed E-state index contributed by atoms with van der Waals surface area (Å²) in [4.78, 5) is 11.9. The van der Waals surface area contributed by atoms with Crippen molar-refractivity contribution < 1.29 is 9.53 Å². The van der Waals surface area contributed by atoms with Crippen molar-refractivity contribution in [1.29, 1.82) is 0 Å². The van der Waals surface area contributed by atoms with Crippen LogP contribution in [0.3, 0.4) is 0 Å². The first kappa shape index (κ1) is 14.9. The van der Waals surface area contributed by atoms with Crippen LogP contribution in [-0.2, 0) is 10.1 Å². The number of para-hydroxylation sites is 1. The molecule has 2 aromatic rings. The highest BCUT2D eigenvalue weighted by Crippen LogP contribution is 2.19. The lowest BCUT2D eigenvalue weighted by Crippen LogP contribution is -2.20. The van der Waals surface area contributed by atoms with E-state index < -0.39 is 0 Å². The van der Waals surface area contributed by atoms with Gasteiger partial charge in [0.25, 0.3) is 5.91 Å². The highest BCUT2D eigenvalue weighted by molar-refractivity contribution is 9.08. The summed E-state index contributed by atoms with van der Waals surface area (Å²) < 4.78 is 5.39. The van der Waals surface area contributed by atoms with E-state index in [2.05, 4.69) is 21.2 Å². The van der Waals surface area contributed by atoms with E-state index in [9.17, 15) is 4.79 Å². The maximum absolute atomic E-state index is 11.9. The summed E-state index contributed by atoms with van der Waals surface area (Å²) in [6, 6.07) is 14.5. The molecule has 0 atom stereocenters. The molecule has 0 aliphatic heterocycles. The first-order chi connectivity index (χ1) is 9.69. The SMILES string of the molecule is O=C(COc1cccc(Cl)c1)Nc1ccccc1CBr. The van der Waals surface area contributed by atoms with E-state index in [-0.39, 0.29) is 12.5 Å². The monoisotopic (exact) mass is 353 g/mol. The van der Waals surface area contributed by atoms with E-state index in [0.717, 1.165) is 11.3 Å². The number of rotatable bonds is 5. The molecule has 0 fully saturated rings. The summed E-state index contributed by atoms with van der Waals surface area (Å²) in [7, 11) is 0. The number of amides is 1. The molecule has 0 spiro atoms. The number of alkyl halides is 1. The van der Waals surface area contributed by atoms with Gasteiger partial charge < -0.3 is 10.1 Å². The standard InChI is InChI=1S/C15H13BrClNO2/c16-9-11-4-1-2-7-14(11)18-15(19)10-20-13-6-3-5-12(17)8-13/h1-8H,9-10H2,(H,18,19). The first-order valence-corrected chi connectivity index (χ1v) is 7.51. The van der Waals surface area contributed by atoms with E-state index in [0.29, 0.717) is 16.1 Å². The van der Waals surface area contributed by atoms with Gasteiger partial charge in [-0.1, -0.05) is 51.8 Å². The molecule has 0 heterocycles. The minimum atomic E-state index is -0.210. The fourth-order valence-corrected chi connectivity index (χ4v) is 2.32. The second-order valence-electron chi connectivity index (χ2n) is 4.09. The summed E-state index contributed by atoms with van der Waals surface area (Å²) in [6.45, 7) is -0.0586. The van der Waals surface area contributed by atoms with Crippen LogP contribution in [0.2, 0.25) is 5.02 Å². The van der Waals surface area contributed by atoms with Crippen LogP contribution in [0.15, 0.2) is 48.5 Å². The zero-order valence-corrected chi connectivity index (χ0v) is 12.9. The lowest BCUT2D eigenvalue weighted by molar-refractivity contribution is -0.118. The molecule has 0 saturated carbocycles. The fraction of sp³-hybridized carbons (Fsp3) is 0.133. The van der Waals surface area contributed by atoms with Gasteiger partial charge in [-0.3, -0.25) is 4.79 Å². The molecule has 0 unspecified atom stereocenters. The quantitative estimate of drug-likeness (QED) is 0.815. The third-order valence-electron chi connectivity index (χ3n) is 2.60. The molecule has 0 saturated heterocycles. The third-order valence-corrected chi connectivity index (χ3v) is 3.44. The highest BCUT2D eigenvalue weighted by atomic mass is 79.9. The summed E-state index contributed by atoms with van der Waals surface area (Å²) in [6.07, 6.45) is 0. The molecule has 3 nitrogen and oxygen atoms in total. The first-order valence-electron chi connectivity index (χ1n) is 6.01. The molecular formula is C15H13BrClNO2. The van der Waals surface area contributed by atoms with Crippen LogP contribution >= 0.6 is 27.5 Å². The summed E-state index contributed by atoms with van der Waals surface area (Å²) >= 11 is 9.23. The Balaban J connectivity index is 1.93. The molecule has 0 aromatic heterocycles. The highest BCUT2D eigenvalue weighted by Gasteiger charge is 2.06. The van der Waals surface area contributed by atoms with Crippen molar-refractivity contribution in [3.05, 3.63) is 59.1 Å². The molecule has 0 aliphatic carbocycles. The number of hydrogen-bond acceptors (Lipinski definition) is 2. The predicted octanol–water partition coefficient (Wildman–Crippen LogP) is 4.25. The van der Waals surface area contributed by atoms with Gasteiger partial charge in [0.1, 0.15) is 5.75 Å². The van der Waals surface area contributed by atoms with E-state index in [4.69, 9.17) is 16.3 Å². The van der Waals surface area contributed by atoms with Crippen LogP contribution in [0.4, 0.5) is 5.69 Å². The van der Waals surface area contributed by atoms with Crippen LogP contribution in [-0.4, -0.2) is 12.5 Å². The van der Waals surface area contributed by atoms with Gasteiger partial charge in [-0.05, 0) is 29.8 Å². The van der Waals surface area contributed by atoms with Gasteiger partial charge in [-0.25, -0.2) is 0 Å². The Morgan fingerprint density at radius 1 is 1.20 bits per heavy atom. The number of carbonyl (C=O) groups is 1. The molecule has 0 bridgehead atoms. The maximum atomic E-state index is 11.9. The lowest BCUT2D eigenvalue weighted by atomic mass is 10.2. The Kier molecular flexibility index (Phi) is 5.44. The number of ether oxygens (including phenoxy) is 1. The molecule has 0 aliphatic rings. The number of halogens is 2. The van der Waals surface area contributed by atoms with E-state index >= 15 is 0 Å². The minimum absolute atomic E-state index is 0.0586. The normalized spacial score (nSPS) is 10.1. The van der Waals surface area contributed by atoms with Crippen LogP contribution in [0.5, 0.6) is 5.75 Å². The van der Waals surface area contributed by atoms with Crippen molar-refractivity contribution in [3.8, 4) is 5.75 Å². The Morgan fingerprint density at radius 2 is 2.00 bits per heavy atom. The maximum Gasteiger partial charge on any atom is 0.262 e. The van der Waals surface area contributed by atoms with Gasteiger partial charge in [-0.15, -0.1) is 0 Å². The topological polar surface area (TPSA) is 38.3 Å². The second-order valence-corrected chi connectivity index (χ2v) is 5.08. The Hall–Kier alpha value is -1.52. The van der Waals surface area contributed by atoms with Gasteiger partial charge in [0, 0.05) is 16.0 Å². The number of nitrogens with one attached hydrogen (secondary N) is 1. The molecule has 104 valence electrons. The third kappa shape index (κ3) is 4.25. The summed E-state index contributed by atoms with van der Waals surface area (Å²) in [5.41, 5.74) is 1.80. The smallest absolute Gasteiger partial charge is 0.262 e. The Labute approximate surface area is 131 Å². The van der Waals surface area contributed by atoms with Crippen molar-refractivity contribution in [2.75, 3.05) is 11.9 Å². The minimum Gasteiger partial charge on any atom is -0.484 e. The van der Waals surface area contributed by atoms with E-state index in [1.807, 2.05) is 24.3 Å². The van der Waals surface area contributed by atoms with Crippen LogP contribution in [0, 0.1) is 0 Å². The van der Waals surface area contributed by atoms with Crippen LogP contribution in [0.1, 0.15) is 5.56 Å². The van der Waals surface area contributed by atoms with Crippen LogP contribution in [0.25, 0.3) is 0 Å². The Bertz CT molecular complexity index is 604. The predicted molar refractivity (Wildman–Crippen MR) is 84.6 cm³/mol. The molecule has 2 rings (SSSR count). The van der Waals surface area contributed by atoms with Crippen LogP contribution < -0.4 is 10.1 Å². The largest absolute Gasteiger partial charge is 0.484 e. The summed E-state index contributed by atoms with van der Waals surface area (Å²) in [5, 5.41) is 4.07. The average Bonchev–Trinajstić information content (AvgIpc) is 2.46. The summed E-state index contributed by atoms with van der Waals surface area (Å²) in [5.74, 6) is 0.361. The molecule has 1 amide bonds. The number of anilines is 1.